The summed E-state index contributed by atoms with van der Waals surface area (Å²) < 4.78 is 38.8. The van der Waals surface area contributed by atoms with Gasteiger partial charge >= 0.3 is 6.18 Å². The van der Waals surface area contributed by atoms with Crippen molar-refractivity contribution in [2.24, 2.45) is 0 Å². The third-order valence-electron chi connectivity index (χ3n) is 2.45. The maximum absolute atomic E-state index is 12.5. The summed E-state index contributed by atoms with van der Waals surface area (Å²) in [6.45, 7) is 0.00687. The van der Waals surface area contributed by atoms with E-state index in [2.05, 4.69) is 4.98 Å². The molecule has 0 amide bonds. The molecule has 0 radical (unpaired) electrons. The Morgan fingerprint density at radius 1 is 1.26 bits per heavy atom. The Labute approximate surface area is 111 Å². The first kappa shape index (κ1) is 13.6. The second-order valence-electron chi connectivity index (χ2n) is 3.88. The largest absolute Gasteiger partial charge is 0.416 e. The summed E-state index contributed by atoms with van der Waals surface area (Å²) in [6.07, 6.45) is -3.20. The van der Waals surface area contributed by atoms with Crippen molar-refractivity contribution >= 4 is 11.6 Å². The smallest absolute Gasteiger partial charge is 0.295 e. The van der Waals surface area contributed by atoms with Gasteiger partial charge in [-0.1, -0.05) is 23.7 Å². The lowest BCUT2D eigenvalue weighted by Gasteiger charge is -2.09. The molecule has 0 spiro atoms. The Balaban J connectivity index is 2.31. The van der Waals surface area contributed by atoms with Gasteiger partial charge in [0, 0.05) is 6.07 Å². The average Bonchev–Trinajstić information content (AvgIpc) is 2.32. The van der Waals surface area contributed by atoms with Crippen LogP contribution in [-0.2, 0) is 12.7 Å². The SMILES string of the molecule is O=c1cc(Cl)ncn1Cc1cccc(C(F)(F)F)c1. The maximum Gasteiger partial charge on any atom is 0.416 e. The van der Waals surface area contributed by atoms with Crippen LogP contribution in [-0.4, -0.2) is 9.55 Å². The van der Waals surface area contributed by atoms with E-state index in [0.29, 0.717) is 5.56 Å². The van der Waals surface area contributed by atoms with Crippen LogP contribution in [0.15, 0.2) is 41.5 Å². The third-order valence-corrected chi connectivity index (χ3v) is 2.66. The number of rotatable bonds is 2. The minimum Gasteiger partial charge on any atom is -0.295 e. The number of hydrogen-bond acceptors (Lipinski definition) is 2. The molecule has 19 heavy (non-hydrogen) atoms. The molecule has 7 heteroatoms. The molecule has 0 atom stereocenters. The third kappa shape index (κ3) is 3.35. The van der Waals surface area contributed by atoms with E-state index >= 15 is 0 Å². The summed E-state index contributed by atoms with van der Waals surface area (Å²) in [5, 5.41) is 0.0466. The van der Waals surface area contributed by atoms with Crippen LogP contribution < -0.4 is 5.56 Å². The second-order valence-corrected chi connectivity index (χ2v) is 4.26. The fraction of sp³-hybridized carbons (Fsp3) is 0.167. The van der Waals surface area contributed by atoms with E-state index in [9.17, 15) is 18.0 Å². The van der Waals surface area contributed by atoms with Gasteiger partial charge in [-0.25, -0.2) is 4.98 Å². The Kier molecular flexibility index (Phi) is 3.61. The highest BCUT2D eigenvalue weighted by Crippen LogP contribution is 2.29. The molecule has 1 aromatic heterocycles. The van der Waals surface area contributed by atoms with Gasteiger partial charge in [0.15, 0.2) is 0 Å². The molecule has 100 valence electrons. The van der Waals surface area contributed by atoms with Crippen molar-refractivity contribution in [3.05, 3.63) is 63.3 Å². The lowest BCUT2D eigenvalue weighted by molar-refractivity contribution is -0.137. The van der Waals surface area contributed by atoms with Gasteiger partial charge in [-0.05, 0) is 17.7 Å². The van der Waals surface area contributed by atoms with E-state index in [0.717, 1.165) is 18.2 Å². The van der Waals surface area contributed by atoms with Crippen LogP contribution in [0, 0.1) is 0 Å². The molecule has 2 aromatic rings. The van der Waals surface area contributed by atoms with Gasteiger partial charge < -0.3 is 0 Å². The summed E-state index contributed by atoms with van der Waals surface area (Å²) in [5.74, 6) is 0. The van der Waals surface area contributed by atoms with E-state index in [1.54, 1.807) is 0 Å². The Hall–Kier alpha value is -1.82. The first-order valence-corrected chi connectivity index (χ1v) is 5.62. The van der Waals surface area contributed by atoms with Gasteiger partial charge in [-0.2, -0.15) is 13.2 Å². The Morgan fingerprint density at radius 2 is 2.00 bits per heavy atom. The van der Waals surface area contributed by atoms with Gasteiger partial charge in [0.1, 0.15) is 5.15 Å². The zero-order valence-electron chi connectivity index (χ0n) is 9.49. The van der Waals surface area contributed by atoms with Gasteiger partial charge in [0.05, 0.1) is 18.4 Å². The monoisotopic (exact) mass is 288 g/mol. The molecule has 3 nitrogen and oxygen atoms in total. The molecule has 1 aromatic carbocycles. The summed E-state index contributed by atoms with van der Waals surface area (Å²) in [4.78, 5) is 15.3. The van der Waals surface area contributed by atoms with Crippen molar-refractivity contribution in [2.45, 2.75) is 12.7 Å². The van der Waals surface area contributed by atoms with E-state index in [1.165, 1.54) is 23.0 Å². The molecule has 2 rings (SSSR count). The summed E-state index contributed by atoms with van der Waals surface area (Å²) in [6, 6.07) is 5.89. The van der Waals surface area contributed by atoms with Gasteiger partial charge in [-0.3, -0.25) is 9.36 Å². The average molecular weight is 289 g/mol. The highest BCUT2D eigenvalue weighted by molar-refractivity contribution is 6.29. The molecule has 0 bridgehead atoms. The molecule has 0 saturated heterocycles. The van der Waals surface area contributed by atoms with Gasteiger partial charge in [0.25, 0.3) is 5.56 Å². The highest BCUT2D eigenvalue weighted by atomic mass is 35.5. The van der Waals surface area contributed by atoms with E-state index in [4.69, 9.17) is 11.6 Å². The maximum atomic E-state index is 12.5. The predicted octanol–water partition coefficient (Wildman–Crippen LogP) is 2.96. The molecule has 0 aliphatic rings. The predicted molar refractivity (Wildman–Crippen MR) is 64.1 cm³/mol. The van der Waals surface area contributed by atoms with Crippen molar-refractivity contribution in [1.82, 2.24) is 9.55 Å². The first-order valence-electron chi connectivity index (χ1n) is 5.24. The number of hydrogen-bond donors (Lipinski definition) is 0. The fourth-order valence-electron chi connectivity index (χ4n) is 1.57. The van der Waals surface area contributed by atoms with E-state index in [1.807, 2.05) is 0 Å². The molecular formula is C12H8ClF3N2O. The summed E-state index contributed by atoms with van der Waals surface area (Å²) >= 11 is 5.53. The number of aromatic nitrogens is 2. The molecular weight excluding hydrogens is 281 g/mol. The molecule has 0 aliphatic heterocycles. The van der Waals surface area contributed by atoms with Gasteiger partial charge in [0.2, 0.25) is 0 Å². The van der Waals surface area contributed by atoms with Crippen LogP contribution in [0.3, 0.4) is 0 Å². The van der Waals surface area contributed by atoms with Crippen molar-refractivity contribution in [1.29, 1.82) is 0 Å². The lowest BCUT2D eigenvalue weighted by Crippen LogP contribution is -2.20. The van der Waals surface area contributed by atoms with Crippen molar-refractivity contribution in [2.75, 3.05) is 0 Å². The fourth-order valence-corrected chi connectivity index (χ4v) is 1.70. The van der Waals surface area contributed by atoms with Crippen LogP contribution in [0.5, 0.6) is 0 Å². The molecule has 0 saturated carbocycles. The number of benzene rings is 1. The van der Waals surface area contributed by atoms with E-state index in [-0.39, 0.29) is 11.7 Å². The quantitative estimate of drug-likeness (QED) is 0.796. The minimum atomic E-state index is -4.40. The van der Waals surface area contributed by atoms with Crippen molar-refractivity contribution in [3.8, 4) is 0 Å². The van der Waals surface area contributed by atoms with Crippen LogP contribution >= 0.6 is 11.6 Å². The number of alkyl halides is 3. The number of nitrogens with zero attached hydrogens (tertiary/aromatic N) is 2. The van der Waals surface area contributed by atoms with E-state index < -0.39 is 17.3 Å². The lowest BCUT2D eigenvalue weighted by atomic mass is 10.1. The van der Waals surface area contributed by atoms with Crippen LogP contribution in [0.2, 0.25) is 5.15 Å². The second kappa shape index (κ2) is 5.05. The van der Waals surface area contributed by atoms with Crippen LogP contribution in [0.1, 0.15) is 11.1 Å². The Bertz CT molecular complexity index is 652. The molecule has 0 aliphatic carbocycles. The summed E-state index contributed by atoms with van der Waals surface area (Å²) in [5.41, 5.74) is -0.807. The zero-order valence-corrected chi connectivity index (χ0v) is 10.2. The normalized spacial score (nSPS) is 11.6. The topological polar surface area (TPSA) is 34.9 Å². The molecule has 0 fully saturated rings. The molecule has 0 unspecified atom stereocenters. The standard InChI is InChI=1S/C12H8ClF3N2O/c13-10-5-11(19)18(7-17-10)6-8-2-1-3-9(4-8)12(14,15)16/h1-5,7H,6H2. The first-order chi connectivity index (χ1) is 8.86. The summed E-state index contributed by atoms with van der Waals surface area (Å²) in [7, 11) is 0. The molecule has 0 N–H and O–H groups in total. The van der Waals surface area contributed by atoms with Crippen LogP contribution in [0.25, 0.3) is 0 Å². The van der Waals surface area contributed by atoms with Crippen LogP contribution in [0.4, 0.5) is 13.2 Å². The number of halogens is 4. The minimum absolute atomic E-state index is 0.00687. The zero-order chi connectivity index (χ0) is 14.0. The molecule has 1 heterocycles. The van der Waals surface area contributed by atoms with Crippen molar-refractivity contribution in [3.63, 3.8) is 0 Å². The highest BCUT2D eigenvalue weighted by Gasteiger charge is 2.30. The Morgan fingerprint density at radius 3 is 2.63 bits per heavy atom. The van der Waals surface area contributed by atoms with Crippen molar-refractivity contribution < 1.29 is 13.2 Å². The van der Waals surface area contributed by atoms with Gasteiger partial charge in [-0.15, -0.1) is 0 Å².